The Hall–Kier alpha value is -1.32. The highest BCUT2D eigenvalue weighted by atomic mass is 35.5. The molecule has 104 valence electrons. The molecule has 1 atom stereocenters. The molecule has 0 bridgehead atoms. The Labute approximate surface area is 126 Å². The summed E-state index contributed by atoms with van der Waals surface area (Å²) in [5, 5.41) is 0.476. The lowest BCUT2D eigenvalue weighted by Gasteiger charge is -2.07. The first-order valence-electron chi connectivity index (χ1n) is 6.67. The van der Waals surface area contributed by atoms with Gasteiger partial charge in [-0.1, -0.05) is 29.8 Å². The highest BCUT2D eigenvalue weighted by Crippen LogP contribution is 2.26. The summed E-state index contributed by atoms with van der Waals surface area (Å²) in [4.78, 5) is 0.654. The summed E-state index contributed by atoms with van der Waals surface area (Å²) in [6.45, 7) is 0. The van der Waals surface area contributed by atoms with Crippen LogP contribution in [-0.2, 0) is 29.4 Å². The van der Waals surface area contributed by atoms with Crippen molar-refractivity contribution >= 4 is 28.1 Å². The molecule has 0 saturated carbocycles. The molecule has 0 fully saturated rings. The van der Waals surface area contributed by atoms with Crippen molar-refractivity contribution in [1.82, 2.24) is 0 Å². The molecular formula is C16H16ClNOS. The van der Waals surface area contributed by atoms with E-state index in [4.69, 9.17) is 17.3 Å². The van der Waals surface area contributed by atoms with Gasteiger partial charge in [0.2, 0.25) is 0 Å². The lowest BCUT2D eigenvalue weighted by Crippen LogP contribution is -1.99. The van der Waals surface area contributed by atoms with E-state index in [-0.39, 0.29) is 0 Å². The molecule has 0 spiro atoms. The van der Waals surface area contributed by atoms with E-state index in [1.165, 1.54) is 24.0 Å². The number of aryl methyl sites for hydroxylation is 2. The molecule has 4 heteroatoms. The summed E-state index contributed by atoms with van der Waals surface area (Å²) >= 11 is 6.11. The summed E-state index contributed by atoms with van der Waals surface area (Å²) in [5.41, 5.74) is 10.2. The van der Waals surface area contributed by atoms with Gasteiger partial charge in [0, 0.05) is 5.69 Å². The maximum Gasteiger partial charge on any atom is 0.0589 e. The number of hydrogen-bond donors (Lipinski definition) is 1. The first-order chi connectivity index (χ1) is 9.63. The molecule has 1 aliphatic rings. The first kappa shape index (κ1) is 13.7. The molecule has 2 N–H and O–H groups in total. The van der Waals surface area contributed by atoms with Gasteiger partial charge in [0.1, 0.15) is 0 Å². The molecular weight excluding hydrogens is 290 g/mol. The standard InChI is InChI=1S/C16H16ClNOS/c17-15-9-14(18)6-7-16(15)20(19)10-11-4-5-12-2-1-3-13(12)8-11/h4-9H,1-3,10,18H2. The normalized spacial score (nSPS) is 15.1. The Morgan fingerprint density at radius 3 is 2.70 bits per heavy atom. The van der Waals surface area contributed by atoms with Crippen LogP contribution in [-0.4, -0.2) is 4.21 Å². The maximum atomic E-state index is 12.4. The lowest BCUT2D eigenvalue weighted by molar-refractivity contribution is 0.682. The van der Waals surface area contributed by atoms with E-state index < -0.39 is 10.8 Å². The monoisotopic (exact) mass is 305 g/mol. The Balaban J connectivity index is 1.82. The number of nitrogens with two attached hydrogens (primary N) is 1. The van der Waals surface area contributed by atoms with Crippen LogP contribution >= 0.6 is 11.6 Å². The fraction of sp³-hybridized carbons (Fsp3) is 0.250. The van der Waals surface area contributed by atoms with Crippen LogP contribution < -0.4 is 5.73 Å². The molecule has 0 aliphatic heterocycles. The van der Waals surface area contributed by atoms with E-state index in [2.05, 4.69) is 18.2 Å². The molecule has 1 aliphatic carbocycles. The number of nitrogen functional groups attached to an aromatic ring is 1. The average Bonchev–Trinajstić information content (AvgIpc) is 2.85. The second kappa shape index (κ2) is 5.58. The van der Waals surface area contributed by atoms with Gasteiger partial charge >= 0.3 is 0 Å². The number of benzene rings is 2. The van der Waals surface area contributed by atoms with Gasteiger partial charge in [-0.25, -0.2) is 0 Å². The van der Waals surface area contributed by atoms with E-state index in [1.807, 2.05) is 0 Å². The zero-order valence-electron chi connectivity index (χ0n) is 11.1. The van der Waals surface area contributed by atoms with Crippen molar-refractivity contribution in [3.8, 4) is 0 Å². The highest BCUT2D eigenvalue weighted by molar-refractivity contribution is 7.84. The van der Waals surface area contributed by atoms with Crippen LogP contribution in [0.2, 0.25) is 5.02 Å². The molecule has 0 saturated heterocycles. The second-order valence-corrected chi connectivity index (χ2v) is 6.96. The number of rotatable bonds is 3. The van der Waals surface area contributed by atoms with Gasteiger partial charge in [-0.15, -0.1) is 0 Å². The number of fused-ring (bicyclic) bond motifs is 1. The Morgan fingerprint density at radius 1 is 1.10 bits per heavy atom. The number of hydrogen-bond acceptors (Lipinski definition) is 2. The SMILES string of the molecule is Nc1ccc(S(=O)Cc2ccc3c(c2)CCC3)c(Cl)c1. The minimum Gasteiger partial charge on any atom is -0.399 e. The van der Waals surface area contributed by atoms with Crippen LogP contribution in [0.4, 0.5) is 5.69 Å². The Bertz CT molecular complexity index is 684. The Kier molecular flexibility index (Phi) is 3.81. The smallest absolute Gasteiger partial charge is 0.0589 e. The topological polar surface area (TPSA) is 43.1 Å². The van der Waals surface area contributed by atoms with Crippen molar-refractivity contribution in [2.45, 2.75) is 29.9 Å². The van der Waals surface area contributed by atoms with Crippen LogP contribution in [0.3, 0.4) is 0 Å². The third-order valence-electron chi connectivity index (χ3n) is 3.66. The molecule has 2 aromatic rings. The summed E-state index contributed by atoms with van der Waals surface area (Å²) in [6, 6.07) is 11.6. The fourth-order valence-electron chi connectivity index (χ4n) is 2.65. The van der Waals surface area contributed by atoms with Gasteiger partial charge in [-0.05, 0) is 54.2 Å². The van der Waals surface area contributed by atoms with E-state index >= 15 is 0 Å². The van der Waals surface area contributed by atoms with Crippen molar-refractivity contribution in [2.75, 3.05) is 5.73 Å². The van der Waals surface area contributed by atoms with Gasteiger partial charge in [-0.3, -0.25) is 4.21 Å². The zero-order chi connectivity index (χ0) is 14.1. The maximum absolute atomic E-state index is 12.4. The summed E-state index contributed by atoms with van der Waals surface area (Å²) in [6.07, 6.45) is 3.53. The quantitative estimate of drug-likeness (QED) is 0.878. The average molecular weight is 306 g/mol. The minimum absolute atomic E-state index is 0.476. The molecule has 2 aromatic carbocycles. The minimum atomic E-state index is -1.14. The van der Waals surface area contributed by atoms with Crippen LogP contribution in [0.25, 0.3) is 0 Å². The van der Waals surface area contributed by atoms with Crippen molar-refractivity contribution in [1.29, 1.82) is 0 Å². The number of halogens is 1. The van der Waals surface area contributed by atoms with E-state index in [0.717, 1.165) is 12.0 Å². The van der Waals surface area contributed by atoms with E-state index in [0.29, 0.717) is 21.4 Å². The van der Waals surface area contributed by atoms with Gasteiger partial charge in [0.05, 0.1) is 26.5 Å². The Morgan fingerprint density at radius 2 is 1.90 bits per heavy atom. The lowest BCUT2D eigenvalue weighted by atomic mass is 10.1. The summed E-state index contributed by atoms with van der Waals surface area (Å²) in [7, 11) is -1.14. The third kappa shape index (κ3) is 2.74. The zero-order valence-corrected chi connectivity index (χ0v) is 12.6. The van der Waals surface area contributed by atoms with Crippen molar-refractivity contribution in [2.24, 2.45) is 0 Å². The predicted molar refractivity (Wildman–Crippen MR) is 84.4 cm³/mol. The second-order valence-electron chi connectivity index (χ2n) is 5.14. The molecule has 2 nitrogen and oxygen atoms in total. The van der Waals surface area contributed by atoms with E-state index in [9.17, 15) is 4.21 Å². The van der Waals surface area contributed by atoms with Gasteiger partial charge < -0.3 is 5.73 Å². The molecule has 1 unspecified atom stereocenters. The van der Waals surface area contributed by atoms with Crippen molar-refractivity contribution in [3.63, 3.8) is 0 Å². The molecule has 0 radical (unpaired) electrons. The van der Waals surface area contributed by atoms with Crippen molar-refractivity contribution < 1.29 is 4.21 Å². The molecule has 0 heterocycles. The van der Waals surface area contributed by atoms with Crippen molar-refractivity contribution in [3.05, 3.63) is 58.1 Å². The summed E-state index contributed by atoms with van der Waals surface area (Å²) < 4.78 is 12.4. The highest BCUT2D eigenvalue weighted by Gasteiger charge is 2.14. The number of anilines is 1. The van der Waals surface area contributed by atoms with Gasteiger partial charge in [0.15, 0.2) is 0 Å². The van der Waals surface area contributed by atoms with Crippen LogP contribution in [0.5, 0.6) is 0 Å². The van der Waals surface area contributed by atoms with Crippen LogP contribution in [0.1, 0.15) is 23.1 Å². The van der Waals surface area contributed by atoms with Crippen LogP contribution in [0.15, 0.2) is 41.3 Å². The third-order valence-corrected chi connectivity index (χ3v) is 5.53. The molecule has 0 aromatic heterocycles. The molecule has 20 heavy (non-hydrogen) atoms. The van der Waals surface area contributed by atoms with E-state index in [1.54, 1.807) is 18.2 Å². The summed E-state index contributed by atoms with van der Waals surface area (Å²) in [5.74, 6) is 0.497. The fourth-order valence-corrected chi connectivity index (χ4v) is 4.23. The predicted octanol–water partition coefficient (Wildman–Crippen LogP) is 3.72. The first-order valence-corrected chi connectivity index (χ1v) is 8.37. The van der Waals surface area contributed by atoms with Crippen LogP contribution in [0, 0.1) is 0 Å². The molecule has 0 amide bonds. The van der Waals surface area contributed by atoms with Gasteiger partial charge in [-0.2, -0.15) is 0 Å². The largest absolute Gasteiger partial charge is 0.399 e. The molecule has 3 rings (SSSR count). The van der Waals surface area contributed by atoms with Gasteiger partial charge in [0.25, 0.3) is 0 Å².